The highest BCUT2D eigenvalue weighted by Gasteiger charge is 2.05. The molecule has 0 aliphatic heterocycles. The molecule has 0 aliphatic rings. The molecule has 2 N–H and O–H groups in total. The van der Waals surface area contributed by atoms with Gasteiger partial charge in [0.1, 0.15) is 5.82 Å². The van der Waals surface area contributed by atoms with Crippen LogP contribution in [0.1, 0.15) is 18.5 Å². The lowest BCUT2D eigenvalue weighted by Crippen LogP contribution is -2.07. The van der Waals surface area contributed by atoms with Crippen molar-refractivity contribution in [2.45, 2.75) is 13.0 Å². The zero-order valence-electron chi connectivity index (χ0n) is 6.55. The molecule has 1 atom stereocenters. The molecule has 68 valence electrons. The summed E-state index contributed by atoms with van der Waals surface area (Å²) in [7, 11) is 0. The van der Waals surface area contributed by atoms with Gasteiger partial charge in [-0.25, -0.2) is 4.39 Å². The summed E-state index contributed by atoms with van der Waals surface area (Å²) in [5, 5.41) is 0. The number of nitrogens with two attached hydrogens (primary N) is 1. The summed E-state index contributed by atoms with van der Waals surface area (Å²) >= 11 is 3.24. The van der Waals surface area contributed by atoms with Gasteiger partial charge >= 0.3 is 0 Å². The second-order valence-corrected chi connectivity index (χ2v) is 3.37. The van der Waals surface area contributed by atoms with Crippen LogP contribution in [0, 0.1) is 5.82 Å². The molecular formula is C8H10BrClFN. The first-order chi connectivity index (χ1) is 5.11. The summed E-state index contributed by atoms with van der Waals surface area (Å²) in [6.45, 7) is 1.75. The fourth-order valence-corrected chi connectivity index (χ4v) is 1.24. The molecule has 0 heterocycles. The van der Waals surface area contributed by atoms with Gasteiger partial charge in [-0.3, -0.25) is 0 Å². The Hall–Kier alpha value is -0.120. The summed E-state index contributed by atoms with van der Waals surface area (Å²) in [6, 6.07) is 4.50. The van der Waals surface area contributed by atoms with E-state index in [9.17, 15) is 4.39 Å². The number of halogens is 3. The van der Waals surface area contributed by atoms with Crippen molar-refractivity contribution < 1.29 is 4.39 Å². The van der Waals surface area contributed by atoms with Gasteiger partial charge in [-0.15, -0.1) is 12.4 Å². The molecule has 4 heteroatoms. The van der Waals surface area contributed by atoms with Crippen LogP contribution >= 0.6 is 28.3 Å². The number of rotatable bonds is 1. The first kappa shape index (κ1) is 11.9. The van der Waals surface area contributed by atoms with Crippen molar-refractivity contribution in [2.24, 2.45) is 5.73 Å². The molecule has 0 aliphatic carbocycles. The fraction of sp³-hybridized carbons (Fsp3) is 0.250. The molecule has 0 bridgehead atoms. The summed E-state index contributed by atoms with van der Waals surface area (Å²) in [4.78, 5) is 0. The van der Waals surface area contributed by atoms with E-state index in [4.69, 9.17) is 5.73 Å². The molecule has 1 nitrogen and oxygen atoms in total. The summed E-state index contributed by atoms with van der Waals surface area (Å²) < 4.78 is 13.8. The first-order valence-electron chi connectivity index (χ1n) is 3.32. The topological polar surface area (TPSA) is 26.0 Å². The Morgan fingerprint density at radius 1 is 1.50 bits per heavy atom. The van der Waals surface area contributed by atoms with Crippen LogP contribution < -0.4 is 5.73 Å². The van der Waals surface area contributed by atoms with Crippen LogP contribution in [-0.2, 0) is 0 Å². The average molecular weight is 255 g/mol. The Morgan fingerprint density at radius 3 is 2.50 bits per heavy atom. The molecule has 12 heavy (non-hydrogen) atoms. The third-order valence-corrected chi connectivity index (χ3v) is 1.94. The van der Waals surface area contributed by atoms with E-state index < -0.39 is 0 Å². The molecule has 0 amide bonds. The fourth-order valence-electron chi connectivity index (χ4n) is 0.864. The largest absolute Gasteiger partial charge is 0.324 e. The molecule has 1 aromatic carbocycles. The van der Waals surface area contributed by atoms with E-state index in [2.05, 4.69) is 15.9 Å². The molecule has 1 aromatic rings. The first-order valence-corrected chi connectivity index (χ1v) is 4.11. The lowest BCUT2D eigenvalue weighted by molar-refractivity contribution is 0.593. The Balaban J connectivity index is 0.00000121. The summed E-state index contributed by atoms with van der Waals surface area (Å²) in [5.74, 6) is -0.247. The molecule has 0 radical (unpaired) electrons. The molecule has 0 saturated heterocycles. The summed E-state index contributed by atoms with van der Waals surface area (Å²) in [6.07, 6.45) is 0. The van der Waals surface area contributed by atoms with Crippen LogP contribution in [0.5, 0.6) is 0 Å². The van der Waals surface area contributed by atoms with E-state index in [-0.39, 0.29) is 24.3 Å². The van der Waals surface area contributed by atoms with Crippen LogP contribution in [0.25, 0.3) is 0 Å². The van der Waals surface area contributed by atoms with Crippen molar-refractivity contribution in [2.75, 3.05) is 0 Å². The van der Waals surface area contributed by atoms with Crippen LogP contribution in [0.4, 0.5) is 4.39 Å². The quantitative estimate of drug-likeness (QED) is 0.819. The predicted molar refractivity (Wildman–Crippen MR) is 54.0 cm³/mol. The van der Waals surface area contributed by atoms with Crippen molar-refractivity contribution >= 4 is 28.3 Å². The average Bonchev–Trinajstić information content (AvgIpc) is 1.94. The molecule has 0 spiro atoms. The van der Waals surface area contributed by atoms with Gasteiger partial charge in [0.15, 0.2) is 0 Å². The maximum absolute atomic E-state index is 12.9. The van der Waals surface area contributed by atoms with Gasteiger partial charge < -0.3 is 5.73 Å². The normalized spacial score (nSPS) is 12.0. The van der Waals surface area contributed by atoms with E-state index in [1.54, 1.807) is 19.1 Å². The lowest BCUT2D eigenvalue weighted by Gasteiger charge is -2.06. The van der Waals surface area contributed by atoms with Gasteiger partial charge in [0.2, 0.25) is 0 Å². The van der Waals surface area contributed by atoms with Gasteiger partial charge in [0, 0.05) is 16.1 Å². The zero-order valence-corrected chi connectivity index (χ0v) is 8.95. The Kier molecular flexibility index (Phi) is 4.75. The maximum Gasteiger partial charge on any atom is 0.128 e. The van der Waals surface area contributed by atoms with Gasteiger partial charge in [0.05, 0.1) is 0 Å². The monoisotopic (exact) mass is 253 g/mol. The van der Waals surface area contributed by atoms with E-state index in [0.717, 1.165) is 4.47 Å². The number of hydrogen-bond acceptors (Lipinski definition) is 1. The Morgan fingerprint density at radius 2 is 2.08 bits per heavy atom. The zero-order chi connectivity index (χ0) is 8.43. The summed E-state index contributed by atoms with van der Waals surface area (Å²) in [5.41, 5.74) is 6.06. The lowest BCUT2D eigenvalue weighted by atomic mass is 10.1. The minimum absolute atomic E-state index is 0. The van der Waals surface area contributed by atoms with Gasteiger partial charge in [-0.2, -0.15) is 0 Å². The predicted octanol–water partition coefficient (Wildman–Crippen LogP) is 3.03. The van der Waals surface area contributed by atoms with Gasteiger partial charge in [-0.05, 0) is 25.1 Å². The van der Waals surface area contributed by atoms with E-state index >= 15 is 0 Å². The molecule has 0 fully saturated rings. The molecule has 0 saturated carbocycles. The molecule has 1 rings (SSSR count). The van der Waals surface area contributed by atoms with E-state index in [0.29, 0.717) is 5.56 Å². The maximum atomic E-state index is 12.9. The van der Waals surface area contributed by atoms with Gasteiger partial charge in [0.25, 0.3) is 0 Å². The minimum atomic E-state index is -0.257. The number of hydrogen-bond donors (Lipinski definition) is 1. The highest BCUT2D eigenvalue weighted by Crippen LogP contribution is 2.19. The van der Waals surface area contributed by atoms with Crippen molar-refractivity contribution in [3.05, 3.63) is 34.1 Å². The SMILES string of the molecule is CC(N)c1cc(Br)ccc1F.Cl. The second kappa shape index (κ2) is 4.80. The molecular weight excluding hydrogens is 244 g/mol. The number of benzene rings is 1. The smallest absolute Gasteiger partial charge is 0.128 e. The Labute approximate surface area is 85.7 Å². The van der Waals surface area contributed by atoms with Gasteiger partial charge in [-0.1, -0.05) is 15.9 Å². The highest BCUT2D eigenvalue weighted by atomic mass is 79.9. The molecule has 1 unspecified atom stereocenters. The third-order valence-electron chi connectivity index (χ3n) is 1.45. The molecule has 0 aromatic heterocycles. The van der Waals surface area contributed by atoms with E-state index in [1.165, 1.54) is 6.07 Å². The van der Waals surface area contributed by atoms with E-state index in [1.807, 2.05) is 0 Å². The highest BCUT2D eigenvalue weighted by molar-refractivity contribution is 9.10. The van der Waals surface area contributed by atoms with Crippen LogP contribution in [0.2, 0.25) is 0 Å². The standard InChI is InChI=1S/C8H9BrFN.ClH/c1-5(11)7-4-6(9)2-3-8(7)10;/h2-5H,11H2,1H3;1H. The van der Waals surface area contributed by atoms with Crippen LogP contribution in [0.15, 0.2) is 22.7 Å². The van der Waals surface area contributed by atoms with Crippen molar-refractivity contribution in [1.29, 1.82) is 0 Å². The van der Waals surface area contributed by atoms with Crippen LogP contribution in [-0.4, -0.2) is 0 Å². The third kappa shape index (κ3) is 2.73. The van der Waals surface area contributed by atoms with Crippen molar-refractivity contribution in [3.8, 4) is 0 Å². The van der Waals surface area contributed by atoms with Crippen molar-refractivity contribution in [1.82, 2.24) is 0 Å². The van der Waals surface area contributed by atoms with Crippen LogP contribution in [0.3, 0.4) is 0 Å². The second-order valence-electron chi connectivity index (χ2n) is 2.45. The minimum Gasteiger partial charge on any atom is -0.324 e. The van der Waals surface area contributed by atoms with Crippen molar-refractivity contribution in [3.63, 3.8) is 0 Å². The Bertz CT molecular complexity index is 265.